The number of aromatic nitrogens is 3. The second kappa shape index (κ2) is 3.61. The molecule has 0 unspecified atom stereocenters. The maximum atomic E-state index is 5.40. The molecule has 0 spiro atoms. The van der Waals surface area contributed by atoms with Crippen molar-refractivity contribution in [3.05, 3.63) is 30.0 Å². The van der Waals surface area contributed by atoms with Crippen molar-refractivity contribution in [2.75, 3.05) is 7.11 Å². The quantitative estimate of drug-likeness (QED) is 0.735. The predicted molar refractivity (Wildman–Crippen MR) is 62.6 cm³/mol. The van der Waals surface area contributed by atoms with E-state index in [2.05, 4.69) is 21.3 Å². The molecule has 4 nitrogen and oxygen atoms in total. The number of aromatic amines is 1. The molecule has 2 heterocycles. The molecule has 0 aliphatic heterocycles. The zero-order chi connectivity index (χ0) is 11.0. The maximum Gasteiger partial charge on any atom is 0.174 e. The average Bonchev–Trinajstić information content (AvgIpc) is 2.97. The van der Waals surface area contributed by atoms with E-state index < -0.39 is 0 Å². The lowest BCUT2D eigenvalue weighted by Crippen LogP contribution is -1.89. The molecule has 16 heavy (non-hydrogen) atoms. The van der Waals surface area contributed by atoms with E-state index in [-0.39, 0.29) is 0 Å². The molecule has 1 aromatic carbocycles. The first-order valence-electron chi connectivity index (χ1n) is 4.73. The summed E-state index contributed by atoms with van der Waals surface area (Å²) in [7, 11) is 1.64. The van der Waals surface area contributed by atoms with Gasteiger partial charge in [0.05, 0.1) is 18.2 Å². The summed E-state index contributed by atoms with van der Waals surface area (Å²) in [6, 6.07) is 3.93. The van der Waals surface area contributed by atoms with E-state index in [4.69, 9.17) is 4.74 Å². The van der Waals surface area contributed by atoms with Crippen molar-refractivity contribution >= 4 is 22.4 Å². The highest BCUT2D eigenvalue weighted by Crippen LogP contribution is 2.35. The molecule has 0 bridgehead atoms. The third-order valence-corrected chi connectivity index (χ3v) is 3.16. The number of hydrogen-bond donors (Lipinski definition) is 1. The van der Waals surface area contributed by atoms with Crippen molar-refractivity contribution in [1.29, 1.82) is 0 Å². The number of ether oxygens (including phenoxy) is 1. The van der Waals surface area contributed by atoms with Gasteiger partial charge in [-0.1, -0.05) is 0 Å². The van der Waals surface area contributed by atoms with Crippen LogP contribution < -0.4 is 4.74 Å². The number of rotatable bonds is 2. The monoisotopic (exact) mass is 230 g/mol. The number of nitrogens with one attached hydrogen (secondary N) is 1. The summed E-state index contributed by atoms with van der Waals surface area (Å²) in [5.74, 6) is 0.741. The van der Waals surface area contributed by atoms with Gasteiger partial charge in [0.15, 0.2) is 12.1 Å². The van der Waals surface area contributed by atoms with Crippen molar-refractivity contribution in [3.63, 3.8) is 0 Å². The Labute approximate surface area is 95.9 Å². The van der Waals surface area contributed by atoms with Crippen LogP contribution in [0, 0.1) is 6.33 Å². The van der Waals surface area contributed by atoms with Gasteiger partial charge in [-0.15, -0.1) is 11.3 Å². The molecule has 0 amide bonds. The van der Waals surface area contributed by atoms with Crippen LogP contribution in [0.2, 0.25) is 0 Å². The minimum atomic E-state index is 0.741. The largest absolute Gasteiger partial charge is 0.494 e. The Hall–Kier alpha value is -1.88. The van der Waals surface area contributed by atoms with Crippen molar-refractivity contribution in [2.45, 2.75) is 0 Å². The summed E-state index contributed by atoms with van der Waals surface area (Å²) in [6.07, 6.45) is 4.49. The smallest absolute Gasteiger partial charge is 0.174 e. The molecule has 5 heteroatoms. The summed E-state index contributed by atoms with van der Waals surface area (Å²) in [6.45, 7) is 0. The topological polar surface area (TPSA) is 50.8 Å². The molecule has 0 aliphatic rings. The molecule has 0 aliphatic carbocycles. The highest BCUT2D eigenvalue weighted by molar-refractivity contribution is 7.13. The fraction of sp³-hybridized carbons (Fsp3) is 0.0909. The molecule has 2 aromatic heterocycles. The summed E-state index contributed by atoms with van der Waals surface area (Å²) < 4.78 is 5.40. The zero-order valence-corrected chi connectivity index (χ0v) is 9.34. The van der Waals surface area contributed by atoms with E-state index in [0.29, 0.717) is 0 Å². The first-order valence-corrected chi connectivity index (χ1v) is 5.60. The van der Waals surface area contributed by atoms with Crippen LogP contribution in [0.5, 0.6) is 5.75 Å². The third kappa shape index (κ3) is 1.29. The molecule has 3 rings (SSSR count). The first kappa shape index (κ1) is 9.35. The van der Waals surface area contributed by atoms with Crippen molar-refractivity contribution in [3.8, 4) is 16.3 Å². The van der Waals surface area contributed by atoms with E-state index in [0.717, 1.165) is 27.4 Å². The second-order valence-electron chi connectivity index (χ2n) is 3.23. The molecule has 1 N–H and O–H groups in total. The molecule has 0 fully saturated rings. The number of imidazole rings is 1. The minimum Gasteiger partial charge on any atom is -0.494 e. The number of methoxy groups -OCH3 is 1. The van der Waals surface area contributed by atoms with E-state index in [1.807, 2.05) is 17.5 Å². The Morgan fingerprint density at radius 2 is 2.38 bits per heavy atom. The molecule has 79 valence electrons. The van der Waals surface area contributed by atoms with Gasteiger partial charge in [-0.05, 0) is 12.1 Å². The van der Waals surface area contributed by atoms with Crippen molar-refractivity contribution in [2.24, 2.45) is 0 Å². The van der Waals surface area contributed by atoms with Crippen molar-refractivity contribution in [1.82, 2.24) is 15.0 Å². The first-order chi connectivity index (χ1) is 7.90. The van der Waals surface area contributed by atoms with E-state index in [1.54, 1.807) is 24.6 Å². The van der Waals surface area contributed by atoms with Gasteiger partial charge in [-0.2, -0.15) is 0 Å². The lowest BCUT2D eigenvalue weighted by molar-refractivity contribution is 0.420. The van der Waals surface area contributed by atoms with Crippen molar-refractivity contribution < 1.29 is 4.74 Å². The summed E-state index contributed by atoms with van der Waals surface area (Å²) >= 11 is 1.58. The maximum absolute atomic E-state index is 5.40. The molecule has 0 atom stereocenters. The Bertz CT molecular complexity index is 615. The fourth-order valence-corrected chi connectivity index (χ4v) is 2.32. The SMILES string of the molecule is COc1c(-c2nccs2)ccc2[nH][c]nc12. The lowest BCUT2D eigenvalue weighted by atomic mass is 10.2. The average molecular weight is 230 g/mol. The van der Waals surface area contributed by atoms with Gasteiger partial charge < -0.3 is 9.72 Å². The van der Waals surface area contributed by atoms with Gasteiger partial charge in [-0.25, -0.2) is 9.97 Å². The van der Waals surface area contributed by atoms with Crippen LogP contribution in [0.15, 0.2) is 23.7 Å². The molecule has 3 aromatic rings. The molecule has 0 saturated heterocycles. The van der Waals surface area contributed by atoms with E-state index >= 15 is 0 Å². The Balaban J connectivity index is 2.32. The highest BCUT2D eigenvalue weighted by Gasteiger charge is 2.13. The standard InChI is InChI=1S/C11H8N3OS/c1-15-10-7(11-12-4-5-16-11)2-3-8-9(10)14-6-13-8/h2-5H,1H3,(H,13,14). The third-order valence-electron chi connectivity index (χ3n) is 2.36. The van der Waals surface area contributed by atoms with Gasteiger partial charge in [0.25, 0.3) is 0 Å². The van der Waals surface area contributed by atoms with Gasteiger partial charge >= 0.3 is 0 Å². The van der Waals surface area contributed by atoms with E-state index in [1.165, 1.54) is 0 Å². The van der Waals surface area contributed by atoms with Gasteiger partial charge in [0.1, 0.15) is 10.5 Å². The number of H-pyrrole nitrogens is 1. The van der Waals surface area contributed by atoms with Gasteiger partial charge in [-0.3, -0.25) is 0 Å². The number of fused-ring (bicyclic) bond motifs is 1. The highest BCUT2D eigenvalue weighted by atomic mass is 32.1. The Morgan fingerprint density at radius 3 is 3.12 bits per heavy atom. The Kier molecular flexibility index (Phi) is 2.11. The second-order valence-corrected chi connectivity index (χ2v) is 4.12. The molecular formula is C11H8N3OS. The predicted octanol–water partition coefficient (Wildman–Crippen LogP) is 2.50. The Morgan fingerprint density at radius 1 is 1.44 bits per heavy atom. The number of nitrogens with zero attached hydrogens (tertiary/aromatic N) is 2. The molecule has 1 radical (unpaired) electrons. The number of hydrogen-bond acceptors (Lipinski definition) is 4. The number of thiazole rings is 1. The van der Waals surface area contributed by atoms with Crippen LogP contribution in [-0.2, 0) is 0 Å². The van der Waals surface area contributed by atoms with Gasteiger partial charge in [0.2, 0.25) is 0 Å². The van der Waals surface area contributed by atoms with Crippen LogP contribution in [0.1, 0.15) is 0 Å². The molecular weight excluding hydrogens is 222 g/mol. The normalized spacial score (nSPS) is 10.8. The van der Waals surface area contributed by atoms with Crippen LogP contribution >= 0.6 is 11.3 Å². The van der Waals surface area contributed by atoms with Crippen LogP contribution in [0.4, 0.5) is 0 Å². The fourth-order valence-electron chi connectivity index (χ4n) is 1.66. The number of benzene rings is 1. The van der Waals surface area contributed by atoms with Crippen LogP contribution in [0.25, 0.3) is 21.6 Å². The zero-order valence-electron chi connectivity index (χ0n) is 8.52. The summed E-state index contributed by atoms with van der Waals surface area (Å²) in [5, 5.41) is 2.87. The molecule has 0 saturated carbocycles. The van der Waals surface area contributed by atoms with Gasteiger partial charge in [0, 0.05) is 11.6 Å². The minimum absolute atomic E-state index is 0.741. The van der Waals surface area contributed by atoms with E-state index in [9.17, 15) is 0 Å². The lowest BCUT2D eigenvalue weighted by Gasteiger charge is -2.06. The van der Waals surface area contributed by atoms with Crippen LogP contribution in [0.3, 0.4) is 0 Å². The van der Waals surface area contributed by atoms with Crippen LogP contribution in [-0.4, -0.2) is 22.1 Å². The summed E-state index contributed by atoms with van der Waals surface area (Å²) in [4.78, 5) is 11.3. The summed E-state index contributed by atoms with van der Waals surface area (Å²) in [5.41, 5.74) is 2.66.